The largest absolute Gasteiger partial charge is 0.394 e. The predicted octanol–water partition coefficient (Wildman–Crippen LogP) is -3.92. The molecule has 0 bridgehead atoms. The normalized spacial score (nSPS) is 31.1. The Morgan fingerprint density at radius 1 is 1.04 bits per heavy atom. The maximum Gasteiger partial charge on any atom is 0.267 e. The number of rotatable bonds is 12. The molecule has 12 nitrogen and oxygen atoms in total. The molecule has 1 rings (SSSR count). The van der Waals surface area contributed by atoms with Gasteiger partial charge in [0.05, 0.1) is 45.7 Å². The van der Waals surface area contributed by atoms with E-state index in [0.29, 0.717) is 0 Å². The quantitative estimate of drug-likeness (QED) is 0.136. The smallest absolute Gasteiger partial charge is 0.267 e. The molecule has 0 amide bonds. The molecule has 13 heteroatoms. The van der Waals surface area contributed by atoms with E-state index in [0.717, 1.165) is 0 Å². The van der Waals surface area contributed by atoms with Crippen molar-refractivity contribution in [3.05, 3.63) is 0 Å². The summed E-state index contributed by atoms with van der Waals surface area (Å²) in [7, 11) is -4.29. The summed E-state index contributed by atoms with van der Waals surface area (Å²) in [6.45, 7) is -0.985. The number of hydrogen-bond acceptors (Lipinski definition) is 11. The van der Waals surface area contributed by atoms with Gasteiger partial charge in [-0.15, -0.1) is 0 Å². The van der Waals surface area contributed by atoms with Crippen LogP contribution in [-0.4, -0.2) is 121 Å². The van der Waals surface area contributed by atoms with Crippen LogP contribution in [0.25, 0.3) is 0 Å². The number of ether oxygens (including phenoxy) is 4. The van der Waals surface area contributed by atoms with Crippen molar-refractivity contribution in [2.45, 2.75) is 36.8 Å². The van der Waals surface area contributed by atoms with Crippen LogP contribution in [0.1, 0.15) is 0 Å². The molecule has 6 N–H and O–H groups in total. The molecule has 1 fully saturated rings. The van der Waals surface area contributed by atoms with Gasteiger partial charge in [0.1, 0.15) is 30.2 Å². The molecule has 0 aromatic carbocycles. The molecule has 0 aromatic heterocycles. The van der Waals surface area contributed by atoms with Gasteiger partial charge in [0.2, 0.25) is 0 Å². The second-order valence-corrected chi connectivity index (χ2v) is 7.15. The number of hydrogen-bond donors (Lipinski definition) is 6. The Balaban J connectivity index is 2.23. The summed E-state index contributed by atoms with van der Waals surface area (Å²) in [6.07, 6.45) is -7.96. The van der Waals surface area contributed by atoms with Crippen LogP contribution in [0.3, 0.4) is 0 Å². The fraction of sp³-hybridized carbons (Fsp3) is 1.00. The van der Waals surface area contributed by atoms with Crippen molar-refractivity contribution in [1.29, 1.82) is 0 Å². The summed E-state index contributed by atoms with van der Waals surface area (Å²) in [5.74, 6) is -0.842. The van der Waals surface area contributed by atoms with E-state index in [9.17, 15) is 28.8 Å². The highest BCUT2D eigenvalue weighted by Gasteiger charge is 2.44. The van der Waals surface area contributed by atoms with Gasteiger partial charge in [-0.3, -0.25) is 4.55 Å². The molecule has 0 radical (unpaired) electrons. The third-order valence-electron chi connectivity index (χ3n) is 3.43. The maximum absolute atomic E-state index is 10.5. The minimum Gasteiger partial charge on any atom is -0.394 e. The van der Waals surface area contributed by atoms with Crippen molar-refractivity contribution in [3.63, 3.8) is 0 Å². The average Bonchev–Trinajstić information content (AvgIpc) is 2.53. The fourth-order valence-corrected chi connectivity index (χ4v) is 2.84. The van der Waals surface area contributed by atoms with Crippen molar-refractivity contribution < 1.29 is 57.5 Å². The molecule has 1 unspecified atom stereocenters. The lowest BCUT2D eigenvalue weighted by Gasteiger charge is -2.40. The summed E-state index contributed by atoms with van der Waals surface area (Å²) in [4.78, 5) is 0. The lowest BCUT2D eigenvalue weighted by Crippen LogP contribution is -2.59. The van der Waals surface area contributed by atoms with Gasteiger partial charge in [-0.25, -0.2) is 0 Å². The minimum atomic E-state index is -4.29. The lowest BCUT2D eigenvalue weighted by atomic mass is 9.99. The van der Waals surface area contributed by atoms with Crippen LogP contribution >= 0.6 is 0 Å². The fourth-order valence-electron chi connectivity index (χ4n) is 2.26. The lowest BCUT2D eigenvalue weighted by molar-refractivity contribution is -0.299. The standard InChI is InChI=1S/C13H26O12S/c14-1-2-24-12-11(17)10(16)9(25-13(12)18)6-23-4-3-22-5-8(15)7-26(19,20)21/h8-18H,1-7H2,(H,19,20,21)/t8?,9-,10-,11+,12-,13-/m1/s1. The van der Waals surface area contributed by atoms with Crippen LogP contribution in [0.15, 0.2) is 0 Å². The zero-order chi connectivity index (χ0) is 19.7. The zero-order valence-corrected chi connectivity index (χ0v) is 14.8. The van der Waals surface area contributed by atoms with Crippen LogP contribution in [0.2, 0.25) is 0 Å². The van der Waals surface area contributed by atoms with Crippen LogP contribution in [0.4, 0.5) is 0 Å². The van der Waals surface area contributed by atoms with E-state index >= 15 is 0 Å². The topological polar surface area (TPSA) is 192 Å². The average molecular weight is 406 g/mol. The van der Waals surface area contributed by atoms with Gasteiger partial charge in [0, 0.05) is 0 Å². The Kier molecular flexibility index (Phi) is 10.3. The first-order chi connectivity index (χ1) is 12.2. The SMILES string of the molecule is O=S(=O)(O)CC(O)COCCOC[C@H]1O[C@@H](O)[C@H](OCCO)[C@@H](O)[C@@H]1O. The van der Waals surface area contributed by atoms with Gasteiger partial charge >= 0.3 is 0 Å². The van der Waals surface area contributed by atoms with E-state index in [4.69, 9.17) is 28.6 Å². The first kappa shape index (κ1) is 23.6. The van der Waals surface area contributed by atoms with Gasteiger partial charge in [-0.2, -0.15) is 8.42 Å². The summed E-state index contributed by atoms with van der Waals surface area (Å²) in [5.41, 5.74) is 0. The maximum atomic E-state index is 10.5. The Hall–Kier alpha value is -0.450. The van der Waals surface area contributed by atoms with Crippen molar-refractivity contribution in [2.75, 3.05) is 45.4 Å². The second-order valence-electron chi connectivity index (χ2n) is 5.66. The Labute approximate surface area is 150 Å². The van der Waals surface area contributed by atoms with Crippen LogP contribution in [0.5, 0.6) is 0 Å². The van der Waals surface area contributed by atoms with E-state index in [1.54, 1.807) is 0 Å². The van der Waals surface area contributed by atoms with Crippen molar-refractivity contribution >= 4 is 10.1 Å². The molecule has 1 saturated heterocycles. The molecule has 1 aliphatic rings. The van der Waals surface area contributed by atoms with E-state index in [2.05, 4.69) is 0 Å². The van der Waals surface area contributed by atoms with Gasteiger partial charge in [-0.1, -0.05) is 0 Å². The van der Waals surface area contributed by atoms with E-state index in [1.165, 1.54) is 0 Å². The molecule has 0 aliphatic carbocycles. The molecule has 0 saturated carbocycles. The highest BCUT2D eigenvalue weighted by atomic mass is 32.2. The Morgan fingerprint density at radius 3 is 2.31 bits per heavy atom. The number of aliphatic hydroxyl groups excluding tert-OH is 5. The van der Waals surface area contributed by atoms with E-state index < -0.39 is 52.7 Å². The highest BCUT2D eigenvalue weighted by molar-refractivity contribution is 7.85. The molecule has 26 heavy (non-hydrogen) atoms. The highest BCUT2D eigenvalue weighted by Crippen LogP contribution is 2.22. The first-order valence-electron chi connectivity index (χ1n) is 7.86. The number of aliphatic hydroxyl groups is 5. The summed E-state index contributed by atoms with van der Waals surface area (Å²) >= 11 is 0. The molecule has 1 heterocycles. The van der Waals surface area contributed by atoms with Crippen molar-refractivity contribution in [1.82, 2.24) is 0 Å². The molecular weight excluding hydrogens is 380 g/mol. The van der Waals surface area contributed by atoms with Gasteiger partial charge in [0.25, 0.3) is 10.1 Å². The molecular formula is C13H26O12S. The molecule has 0 aromatic rings. The first-order valence-corrected chi connectivity index (χ1v) is 9.47. The van der Waals surface area contributed by atoms with Gasteiger partial charge in [-0.05, 0) is 0 Å². The van der Waals surface area contributed by atoms with Gasteiger partial charge in [0.15, 0.2) is 6.29 Å². The third kappa shape index (κ3) is 8.49. The van der Waals surface area contributed by atoms with E-state index in [-0.39, 0.29) is 39.6 Å². The third-order valence-corrected chi connectivity index (χ3v) is 4.24. The monoisotopic (exact) mass is 406 g/mol. The van der Waals surface area contributed by atoms with Crippen LogP contribution < -0.4 is 0 Å². The Bertz CT molecular complexity index is 486. The molecule has 1 aliphatic heterocycles. The molecule has 6 atom stereocenters. The van der Waals surface area contributed by atoms with Crippen LogP contribution in [-0.2, 0) is 29.1 Å². The molecule has 156 valence electrons. The molecule has 0 spiro atoms. The second kappa shape index (κ2) is 11.4. The minimum absolute atomic E-state index is 0.00179. The summed E-state index contributed by atoms with van der Waals surface area (Å²) in [5, 5.41) is 47.6. The summed E-state index contributed by atoms with van der Waals surface area (Å²) in [6, 6.07) is 0. The van der Waals surface area contributed by atoms with Crippen LogP contribution in [0, 0.1) is 0 Å². The Morgan fingerprint density at radius 2 is 1.69 bits per heavy atom. The predicted molar refractivity (Wildman–Crippen MR) is 83.8 cm³/mol. The van der Waals surface area contributed by atoms with Crippen molar-refractivity contribution in [3.8, 4) is 0 Å². The summed E-state index contributed by atoms with van der Waals surface area (Å²) < 4.78 is 49.9. The zero-order valence-electron chi connectivity index (χ0n) is 14.0. The van der Waals surface area contributed by atoms with Crippen molar-refractivity contribution in [2.24, 2.45) is 0 Å². The van der Waals surface area contributed by atoms with E-state index in [1.807, 2.05) is 0 Å². The van der Waals surface area contributed by atoms with Gasteiger partial charge < -0.3 is 44.5 Å².